The standard InChI is InChI=1S/C26H26N2O2S2/c1-17(2)15-28-24(30)22-23(27-25(28)32-16-20(29)21-10-7-13-31-21)19-9-4-3-8-18(19)14-26(22)11-5-6-12-26/h3-4,7-10,13H,1,5-6,11-12,14-16H2,2H3. The normalized spacial score (nSPS) is 16.0. The minimum atomic E-state index is -0.124. The van der Waals surface area contributed by atoms with E-state index in [2.05, 4.69) is 24.8 Å². The molecule has 32 heavy (non-hydrogen) atoms. The maximum absolute atomic E-state index is 14.0. The van der Waals surface area contributed by atoms with Gasteiger partial charge in [-0.15, -0.1) is 11.3 Å². The van der Waals surface area contributed by atoms with Gasteiger partial charge in [-0.05, 0) is 43.2 Å². The van der Waals surface area contributed by atoms with Crippen LogP contribution < -0.4 is 5.56 Å². The lowest BCUT2D eigenvalue weighted by Gasteiger charge is -2.36. The SMILES string of the molecule is C=C(C)Cn1c(SCC(=O)c2cccs2)nc2c(c1=O)C1(CCCC1)Cc1ccccc1-2. The van der Waals surface area contributed by atoms with Crippen molar-refractivity contribution in [1.29, 1.82) is 0 Å². The van der Waals surface area contributed by atoms with E-state index in [1.165, 1.54) is 28.7 Å². The maximum atomic E-state index is 14.0. The number of carbonyl (C=O) groups is 1. The van der Waals surface area contributed by atoms with Gasteiger partial charge in [0.1, 0.15) is 0 Å². The molecule has 0 aliphatic heterocycles. The number of benzene rings is 1. The molecule has 0 bridgehead atoms. The molecule has 1 aromatic carbocycles. The van der Waals surface area contributed by atoms with E-state index in [4.69, 9.17) is 4.98 Å². The number of hydrogen-bond donors (Lipinski definition) is 0. The van der Waals surface area contributed by atoms with Crippen LogP contribution in [0.2, 0.25) is 0 Å². The molecule has 0 atom stereocenters. The van der Waals surface area contributed by atoms with Gasteiger partial charge in [0.25, 0.3) is 5.56 Å². The highest BCUT2D eigenvalue weighted by Crippen LogP contribution is 2.50. The highest BCUT2D eigenvalue weighted by molar-refractivity contribution is 7.99. The second-order valence-corrected chi connectivity index (χ2v) is 10.9. The van der Waals surface area contributed by atoms with E-state index in [1.807, 2.05) is 30.5 Å². The first-order chi connectivity index (χ1) is 15.5. The van der Waals surface area contributed by atoms with Crippen molar-refractivity contribution in [2.24, 2.45) is 0 Å². The molecule has 0 unspecified atom stereocenters. The Balaban J connectivity index is 1.65. The number of Topliss-reactive ketones (excluding diaryl/α,β-unsaturated/α-hetero) is 1. The minimum absolute atomic E-state index is 0.0421. The lowest BCUT2D eigenvalue weighted by Crippen LogP contribution is -2.40. The highest BCUT2D eigenvalue weighted by atomic mass is 32.2. The summed E-state index contributed by atoms with van der Waals surface area (Å²) in [4.78, 5) is 32.5. The van der Waals surface area contributed by atoms with Crippen molar-refractivity contribution in [3.8, 4) is 11.3 Å². The Labute approximate surface area is 196 Å². The predicted molar refractivity (Wildman–Crippen MR) is 132 cm³/mol. The molecule has 2 aliphatic carbocycles. The average molecular weight is 463 g/mol. The van der Waals surface area contributed by atoms with Crippen LogP contribution in [0.4, 0.5) is 0 Å². The number of hydrogen-bond acceptors (Lipinski definition) is 5. The second kappa shape index (κ2) is 8.49. The first-order valence-corrected chi connectivity index (χ1v) is 12.9. The van der Waals surface area contributed by atoms with Crippen LogP contribution in [0.25, 0.3) is 11.3 Å². The number of carbonyl (C=O) groups excluding carboxylic acids is 1. The van der Waals surface area contributed by atoms with Crippen molar-refractivity contribution in [2.75, 3.05) is 5.75 Å². The van der Waals surface area contributed by atoms with Gasteiger partial charge in [-0.25, -0.2) is 4.98 Å². The van der Waals surface area contributed by atoms with Crippen molar-refractivity contribution in [3.63, 3.8) is 0 Å². The lowest BCUT2D eigenvalue weighted by atomic mass is 9.68. The van der Waals surface area contributed by atoms with Crippen molar-refractivity contribution in [3.05, 3.63) is 80.3 Å². The Morgan fingerprint density at radius 1 is 1.22 bits per heavy atom. The Kier molecular flexibility index (Phi) is 5.68. The van der Waals surface area contributed by atoms with Crippen LogP contribution in [0.5, 0.6) is 0 Å². The van der Waals surface area contributed by atoms with Crippen LogP contribution in [0.1, 0.15) is 53.4 Å². The third-order valence-corrected chi connectivity index (χ3v) is 8.47. The molecular weight excluding hydrogens is 436 g/mol. The number of ketones is 1. The molecule has 2 heterocycles. The van der Waals surface area contributed by atoms with Gasteiger partial charge in [0, 0.05) is 17.5 Å². The Hall–Kier alpha value is -2.44. The fraction of sp³-hybridized carbons (Fsp3) is 0.346. The maximum Gasteiger partial charge on any atom is 0.258 e. The zero-order valence-corrected chi connectivity index (χ0v) is 19.9. The number of thiophene rings is 1. The van der Waals surface area contributed by atoms with Crippen molar-refractivity contribution >= 4 is 28.9 Å². The topological polar surface area (TPSA) is 52.0 Å². The fourth-order valence-electron chi connectivity index (χ4n) is 5.20. The molecule has 1 fully saturated rings. The van der Waals surface area contributed by atoms with Crippen LogP contribution in [0.3, 0.4) is 0 Å². The summed E-state index contributed by atoms with van der Waals surface area (Å²) >= 11 is 2.80. The summed E-state index contributed by atoms with van der Waals surface area (Å²) in [6.07, 6.45) is 5.26. The molecule has 2 aliphatic rings. The quantitative estimate of drug-likeness (QED) is 0.198. The van der Waals surface area contributed by atoms with E-state index >= 15 is 0 Å². The molecule has 164 valence electrons. The van der Waals surface area contributed by atoms with E-state index in [0.717, 1.165) is 59.4 Å². The van der Waals surface area contributed by atoms with Gasteiger partial charge in [-0.3, -0.25) is 14.2 Å². The zero-order valence-electron chi connectivity index (χ0n) is 18.2. The van der Waals surface area contributed by atoms with Gasteiger partial charge in [0.05, 0.1) is 21.9 Å². The van der Waals surface area contributed by atoms with Crippen LogP contribution >= 0.6 is 23.1 Å². The number of nitrogens with zero attached hydrogens (tertiary/aromatic N) is 2. The van der Waals surface area contributed by atoms with Crippen LogP contribution in [0.15, 0.2) is 63.9 Å². The van der Waals surface area contributed by atoms with Crippen molar-refractivity contribution < 1.29 is 4.79 Å². The molecule has 3 aromatic rings. The summed E-state index contributed by atoms with van der Waals surface area (Å²) in [6, 6.07) is 12.1. The summed E-state index contributed by atoms with van der Waals surface area (Å²) in [5.74, 6) is 0.320. The Morgan fingerprint density at radius 2 is 2.00 bits per heavy atom. The van der Waals surface area contributed by atoms with E-state index in [9.17, 15) is 9.59 Å². The monoisotopic (exact) mass is 462 g/mol. The Morgan fingerprint density at radius 3 is 2.72 bits per heavy atom. The van der Waals surface area contributed by atoms with Gasteiger partial charge < -0.3 is 0 Å². The summed E-state index contributed by atoms with van der Waals surface area (Å²) in [6.45, 7) is 6.39. The smallest absolute Gasteiger partial charge is 0.258 e. The van der Waals surface area contributed by atoms with Gasteiger partial charge in [0.2, 0.25) is 0 Å². The fourth-order valence-corrected chi connectivity index (χ4v) is 6.83. The number of allylic oxidation sites excluding steroid dienone is 1. The molecule has 0 N–H and O–H groups in total. The molecule has 5 rings (SSSR count). The largest absolute Gasteiger partial charge is 0.292 e. The van der Waals surface area contributed by atoms with E-state index in [0.29, 0.717) is 11.7 Å². The zero-order chi connectivity index (χ0) is 22.3. The third kappa shape index (κ3) is 3.69. The molecule has 0 amide bonds. The first-order valence-electron chi connectivity index (χ1n) is 11.1. The number of fused-ring (bicyclic) bond motifs is 4. The van der Waals surface area contributed by atoms with Gasteiger partial charge in [0.15, 0.2) is 10.9 Å². The molecule has 0 radical (unpaired) electrons. The Bertz CT molecular complexity index is 1250. The van der Waals surface area contributed by atoms with Crippen molar-refractivity contribution in [2.45, 2.75) is 56.1 Å². The third-order valence-electron chi connectivity index (χ3n) is 6.58. The van der Waals surface area contributed by atoms with Gasteiger partial charge in [-0.1, -0.05) is 67.1 Å². The molecular formula is C26H26N2O2S2. The molecule has 1 saturated carbocycles. The van der Waals surface area contributed by atoms with Crippen LogP contribution in [0, 0.1) is 0 Å². The van der Waals surface area contributed by atoms with Gasteiger partial charge >= 0.3 is 0 Å². The van der Waals surface area contributed by atoms with E-state index < -0.39 is 0 Å². The predicted octanol–water partition coefficient (Wildman–Crippen LogP) is 5.89. The number of thioether (sulfide) groups is 1. The molecule has 0 saturated heterocycles. The van der Waals surface area contributed by atoms with Crippen molar-refractivity contribution in [1.82, 2.24) is 9.55 Å². The summed E-state index contributed by atoms with van der Waals surface area (Å²) < 4.78 is 1.75. The summed E-state index contributed by atoms with van der Waals surface area (Å²) in [7, 11) is 0. The van der Waals surface area contributed by atoms with Crippen LogP contribution in [-0.2, 0) is 18.4 Å². The molecule has 1 spiro atoms. The minimum Gasteiger partial charge on any atom is -0.292 e. The number of aromatic nitrogens is 2. The summed E-state index contributed by atoms with van der Waals surface area (Å²) in [5, 5.41) is 2.51. The molecule has 6 heteroatoms. The van der Waals surface area contributed by atoms with Gasteiger partial charge in [-0.2, -0.15) is 0 Å². The lowest BCUT2D eigenvalue weighted by molar-refractivity contribution is 0.102. The summed E-state index contributed by atoms with van der Waals surface area (Å²) in [5.41, 5.74) is 4.85. The van der Waals surface area contributed by atoms with E-state index in [1.54, 1.807) is 4.57 Å². The molecule has 4 nitrogen and oxygen atoms in total. The number of rotatable bonds is 6. The molecule has 2 aromatic heterocycles. The first kappa shape index (κ1) is 21.4. The highest BCUT2D eigenvalue weighted by Gasteiger charge is 2.44. The second-order valence-electron chi connectivity index (χ2n) is 8.98. The van der Waals surface area contributed by atoms with Crippen LogP contribution in [-0.4, -0.2) is 21.1 Å². The van der Waals surface area contributed by atoms with E-state index in [-0.39, 0.29) is 22.5 Å². The average Bonchev–Trinajstić information content (AvgIpc) is 3.47.